The molecule has 0 saturated carbocycles. The van der Waals surface area contributed by atoms with Crippen molar-refractivity contribution in [3.63, 3.8) is 0 Å². The van der Waals surface area contributed by atoms with Gasteiger partial charge in [0.25, 0.3) is 0 Å². The second-order valence-electron chi connectivity index (χ2n) is 9.66. The van der Waals surface area contributed by atoms with E-state index in [4.69, 9.17) is 25.8 Å². The highest BCUT2D eigenvalue weighted by atomic mass is 35.5. The maximum atomic E-state index is 6.36. The van der Waals surface area contributed by atoms with E-state index < -0.39 is 0 Å². The molecule has 8 heteroatoms. The van der Waals surface area contributed by atoms with Crippen molar-refractivity contribution in [2.45, 2.75) is 64.0 Å². The van der Waals surface area contributed by atoms with Crippen molar-refractivity contribution in [3.05, 3.63) is 40.8 Å². The fraction of sp³-hybridized carbons (Fsp3) is 0.556. The van der Waals surface area contributed by atoms with Gasteiger partial charge in [0.05, 0.1) is 25.3 Å². The number of nitrogens with zero attached hydrogens (tertiary/aromatic N) is 3. The minimum atomic E-state index is 0.415. The monoisotopic (exact) mass is 498 g/mol. The number of halogens is 1. The van der Waals surface area contributed by atoms with Gasteiger partial charge in [0.1, 0.15) is 12.1 Å². The zero-order chi connectivity index (χ0) is 24.2. The number of nitrogens with one attached hydrogen (secondary N) is 1. The fourth-order valence-electron chi connectivity index (χ4n) is 5.38. The van der Waals surface area contributed by atoms with Gasteiger partial charge >= 0.3 is 0 Å². The highest BCUT2D eigenvalue weighted by Gasteiger charge is 2.33. The molecule has 2 aromatic rings. The van der Waals surface area contributed by atoms with Gasteiger partial charge in [0, 0.05) is 41.4 Å². The molecule has 1 aromatic carbocycles. The third-order valence-electron chi connectivity index (χ3n) is 7.33. The van der Waals surface area contributed by atoms with E-state index in [9.17, 15) is 0 Å². The molecule has 0 radical (unpaired) electrons. The van der Waals surface area contributed by atoms with Crippen molar-refractivity contribution >= 4 is 28.3 Å². The lowest BCUT2D eigenvalue weighted by atomic mass is 9.92. The lowest BCUT2D eigenvalue weighted by Crippen LogP contribution is -2.51. The van der Waals surface area contributed by atoms with E-state index in [0.29, 0.717) is 30.3 Å². The Balaban J connectivity index is 1.27. The molecule has 2 saturated heterocycles. The quantitative estimate of drug-likeness (QED) is 0.471. The molecule has 1 aromatic heterocycles. The maximum Gasteiger partial charge on any atom is 0.162 e. The first-order valence-electron chi connectivity index (χ1n) is 12.8. The molecule has 2 fully saturated rings. The van der Waals surface area contributed by atoms with Crippen molar-refractivity contribution in [2.75, 3.05) is 38.7 Å². The van der Waals surface area contributed by atoms with Crippen LogP contribution in [0, 0.1) is 0 Å². The van der Waals surface area contributed by atoms with Crippen LogP contribution in [0.25, 0.3) is 10.9 Å². The second-order valence-corrected chi connectivity index (χ2v) is 10.1. The zero-order valence-corrected chi connectivity index (χ0v) is 21.4. The minimum Gasteiger partial charge on any atom is -0.493 e. The van der Waals surface area contributed by atoms with Gasteiger partial charge in [-0.25, -0.2) is 9.97 Å². The number of aromatic nitrogens is 2. The molecule has 0 spiro atoms. The number of ether oxygens (including phenoxy) is 3. The number of methoxy groups -OCH3 is 1. The summed E-state index contributed by atoms with van der Waals surface area (Å²) in [6.07, 6.45) is 11.6. The molecule has 0 bridgehead atoms. The van der Waals surface area contributed by atoms with Crippen LogP contribution in [0.15, 0.2) is 40.8 Å². The summed E-state index contributed by atoms with van der Waals surface area (Å²) < 4.78 is 17.9. The molecule has 188 valence electrons. The molecular formula is C27H35ClN4O3. The summed E-state index contributed by atoms with van der Waals surface area (Å²) >= 11 is 6.36. The average molecular weight is 499 g/mol. The van der Waals surface area contributed by atoms with Crippen LogP contribution in [-0.4, -0.2) is 60.4 Å². The third kappa shape index (κ3) is 5.57. The molecule has 7 nitrogen and oxygen atoms in total. The van der Waals surface area contributed by atoms with Gasteiger partial charge in [-0.2, -0.15) is 0 Å². The Morgan fingerprint density at radius 2 is 2.09 bits per heavy atom. The molecule has 2 atom stereocenters. The van der Waals surface area contributed by atoms with Crippen molar-refractivity contribution in [1.82, 2.24) is 14.9 Å². The summed E-state index contributed by atoms with van der Waals surface area (Å²) in [5.74, 6) is 2.13. The number of allylic oxidation sites excluding steroid dienone is 4. The number of benzene rings is 1. The van der Waals surface area contributed by atoms with Crippen LogP contribution < -0.4 is 14.8 Å². The Labute approximate surface area is 212 Å². The van der Waals surface area contributed by atoms with Crippen LogP contribution in [-0.2, 0) is 4.74 Å². The van der Waals surface area contributed by atoms with Gasteiger partial charge in [-0.15, -0.1) is 0 Å². The van der Waals surface area contributed by atoms with Crippen LogP contribution >= 0.6 is 11.6 Å². The lowest BCUT2D eigenvalue weighted by Gasteiger charge is -2.43. The van der Waals surface area contributed by atoms with Crippen LogP contribution in [0.5, 0.6) is 11.5 Å². The largest absolute Gasteiger partial charge is 0.493 e. The predicted octanol–water partition coefficient (Wildman–Crippen LogP) is 5.65. The summed E-state index contributed by atoms with van der Waals surface area (Å²) in [6, 6.07) is 4.46. The summed E-state index contributed by atoms with van der Waals surface area (Å²) in [7, 11) is 1.66. The summed E-state index contributed by atoms with van der Waals surface area (Å²) in [5, 5.41) is 5.14. The van der Waals surface area contributed by atoms with E-state index in [1.165, 1.54) is 31.3 Å². The van der Waals surface area contributed by atoms with Crippen molar-refractivity contribution in [1.29, 1.82) is 0 Å². The smallest absolute Gasteiger partial charge is 0.162 e. The van der Waals surface area contributed by atoms with Crippen LogP contribution in [0.4, 0.5) is 5.82 Å². The molecule has 3 heterocycles. The number of fused-ring (bicyclic) bond motifs is 2. The van der Waals surface area contributed by atoms with Gasteiger partial charge in [0.15, 0.2) is 11.5 Å². The van der Waals surface area contributed by atoms with E-state index >= 15 is 0 Å². The third-order valence-corrected chi connectivity index (χ3v) is 7.76. The van der Waals surface area contributed by atoms with Gasteiger partial charge in [-0.05, 0) is 70.6 Å². The van der Waals surface area contributed by atoms with E-state index in [2.05, 4.69) is 27.1 Å². The Bertz CT molecular complexity index is 1120. The molecule has 1 N–H and O–H groups in total. The summed E-state index contributed by atoms with van der Waals surface area (Å²) in [5.41, 5.74) is 3.06. The highest BCUT2D eigenvalue weighted by molar-refractivity contribution is 6.31. The first-order chi connectivity index (χ1) is 17.1. The summed E-state index contributed by atoms with van der Waals surface area (Å²) in [6.45, 7) is 5.79. The predicted molar refractivity (Wildman–Crippen MR) is 139 cm³/mol. The topological polar surface area (TPSA) is 68.7 Å². The van der Waals surface area contributed by atoms with E-state index in [0.717, 1.165) is 66.4 Å². The Kier molecular flexibility index (Phi) is 7.75. The molecular weight excluding hydrogens is 464 g/mol. The van der Waals surface area contributed by atoms with Gasteiger partial charge in [-0.3, -0.25) is 4.90 Å². The first kappa shape index (κ1) is 24.3. The maximum absolute atomic E-state index is 6.36. The Hall–Kier alpha value is -2.35. The van der Waals surface area contributed by atoms with Crippen LogP contribution in [0.3, 0.4) is 0 Å². The second kappa shape index (κ2) is 11.1. The fourth-order valence-corrected chi connectivity index (χ4v) is 5.61. The van der Waals surface area contributed by atoms with Crippen molar-refractivity contribution < 1.29 is 14.2 Å². The van der Waals surface area contributed by atoms with Crippen LogP contribution in [0.1, 0.15) is 51.9 Å². The van der Waals surface area contributed by atoms with Crippen molar-refractivity contribution in [3.8, 4) is 11.5 Å². The number of hydrogen-bond donors (Lipinski definition) is 1. The molecule has 1 aliphatic carbocycles. The summed E-state index contributed by atoms with van der Waals surface area (Å²) in [4.78, 5) is 11.5. The van der Waals surface area contributed by atoms with Crippen LogP contribution in [0.2, 0.25) is 0 Å². The Morgan fingerprint density at radius 3 is 2.94 bits per heavy atom. The lowest BCUT2D eigenvalue weighted by molar-refractivity contribution is -0.0757. The van der Waals surface area contributed by atoms with Gasteiger partial charge < -0.3 is 19.5 Å². The first-order valence-corrected chi connectivity index (χ1v) is 13.1. The SMILES string of the molecule is COc1cc2ncnc(NC3=CC(Cl)=C(C)CC3)c2cc1OCCCN1CCCC2OCCCC21. The molecule has 0 amide bonds. The number of anilines is 1. The Morgan fingerprint density at radius 1 is 1.17 bits per heavy atom. The zero-order valence-electron chi connectivity index (χ0n) is 20.7. The minimum absolute atomic E-state index is 0.415. The van der Waals surface area contributed by atoms with Gasteiger partial charge in [0.2, 0.25) is 0 Å². The molecule has 2 unspecified atom stereocenters. The standard InChI is InChI=1S/C27H35ClN4O3/c1-18-8-9-19(14-21(18)28)31-27-20-15-26(25(33-2)16-22(20)29-17-30-27)35-13-5-11-32-10-3-7-24-23(32)6-4-12-34-24/h14-17,23-24H,3-13H2,1-2H3,(H,29,30,31). The van der Waals surface area contributed by atoms with E-state index in [1.807, 2.05) is 18.2 Å². The average Bonchev–Trinajstić information content (AvgIpc) is 2.88. The molecule has 5 rings (SSSR count). The molecule has 35 heavy (non-hydrogen) atoms. The van der Waals surface area contributed by atoms with E-state index in [-0.39, 0.29) is 0 Å². The normalized spacial score (nSPS) is 23.1. The molecule has 3 aliphatic rings. The number of hydrogen-bond acceptors (Lipinski definition) is 7. The number of piperidine rings is 1. The van der Waals surface area contributed by atoms with Crippen molar-refractivity contribution in [2.24, 2.45) is 0 Å². The molecule has 2 aliphatic heterocycles. The van der Waals surface area contributed by atoms with E-state index in [1.54, 1.807) is 13.4 Å². The number of likely N-dealkylation sites (tertiary alicyclic amines) is 1. The highest BCUT2D eigenvalue weighted by Crippen LogP contribution is 2.35. The number of rotatable bonds is 8. The van der Waals surface area contributed by atoms with Gasteiger partial charge in [-0.1, -0.05) is 17.2 Å².